The number of nitrogens with one attached hydrogen (secondary N) is 2. The number of aliphatic imine (C=N–C) groups is 1. The summed E-state index contributed by atoms with van der Waals surface area (Å²) in [5.41, 5.74) is 1.86. The number of nitro groups is 1. The van der Waals surface area contributed by atoms with Crippen molar-refractivity contribution < 1.29 is 14.4 Å². The van der Waals surface area contributed by atoms with E-state index in [1.165, 1.54) is 6.07 Å². The van der Waals surface area contributed by atoms with Gasteiger partial charge in [0.05, 0.1) is 19.1 Å². The second kappa shape index (κ2) is 10.6. The van der Waals surface area contributed by atoms with Crippen LogP contribution in [0.15, 0.2) is 47.5 Å². The van der Waals surface area contributed by atoms with Crippen LogP contribution in [0.3, 0.4) is 0 Å². The Morgan fingerprint density at radius 2 is 1.94 bits per heavy atom. The quantitative estimate of drug-likeness (QED) is 0.289. The Bertz CT molecular complexity index is 912. The second-order valence-corrected chi connectivity index (χ2v) is 7.40. The number of nitro benzene ring substituents is 1. The number of ether oxygens (including phenoxy) is 2. The van der Waals surface area contributed by atoms with Gasteiger partial charge in [0, 0.05) is 57.0 Å². The number of guanidine groups is 1. The lowest BCUT2D eigenvalue weighted by atomic mass is 10.2. The minimum absolute atomic E-state index is 0.103. The van der Waals surface area contributed by atoms with Gasteiger partial charge in [0.15, 0.2) is 5.96 Å². The molecule has 0 saturated carbocycles. The van der Waals surface area contributed by atoms with E-state index in [-0.39, 0.29) is 16.7 Å². The average molecular weight is 428 g/mol. The zero-order chi connectivity index (χ0) is 22.2. The fourth-order valence-electron chi connectivity index (χ4n) is 3.72. The van der Waals surface area contributed by atoms with Gasteiger partial charge in [-0.3, -0.25) is 20.0 Å². The molecular weight excluding hydrogens is 398 g/mol. The van der Waals surface area contributed by atoms with E-state index in [0.29, 0.717) is 18.1 Å². The molecule has 0 spiro atoms. The van der Waals surface area contributed by atoms with Gasteiger partial charge >= 0.3 is 0 Å². The predicted molar refractivity (Wildman–Crippen MR) is 120 cm³/mol. The summed E-state index contributed by atoms with van der Waals surface area (Å²) in [6.45, 7) is 2.95. The second-order valence-electron chi connectivity index (χ2n) is 7.40. The molecule has 166 valence electrons. The lowest BCUT2D eigenvalue weighted by Crippen LogP contribution is -2.44. The van der Waals surface area contributed by atoms with E-state index in [1.54, 1.807) is 39.5 Å². The highest BCUT2D eigenvalue weighted by Crippen LogP contribution is 2.24. The maximum atomic E-state index is 11.2. The largest absolute Gasteiger partial charge is 0.497 e. The van der Waals surface area contributed by atoms with Gasteiger partial charge in [-0.05, 0) is 24.1 Å². The molecule has 0 aliphatic carbocycles. The first-order valence-corrected chi connectivity index (χ1v) is 10.2. The van der Waals surface area contributed by atoms with Crippen LogP contribution in [0, 0.1) is 10.1 Å². The molecule has 2 N–H and O–H groups in total. The number of hydrogen-bond donors (Lipinski definition) is 2. The van der Waals surface area contributed by atoms with Gasteiger partial charge in [0.25, 0.3) is 5.69 Å². The van der Waals surface area contributed by atoms with Crippen molar-refractivity contribution in [1.82, 2.24) is 15.5 Å². The van der Waals surface area contributed by atoms with Crippen molar-refractivity contribution >= 4 is 11.6 Å². The Balaban J connectivity index is 1.54. The molecule has 9 heteroatoms. The summed E-state index contributed by atoms with van der Waals surface area (Å²) in [6.07, 6.45) is 0.979. The van der Waals surface area contributed by atoms with Crippen molar-refractivity contribution in [2.24, 2.45) is 4.99 Å². The third kappa shape index (κ3) is 6.08. The van der Waals surface area contributed by atoms with Crippen molar-refractivity contribution in [3.63, 3.8) is 0 Å². The molecule has 1 aliphatic rings. The molecule has 9 nitrogen and oxygen atoms in total. The lowest BCUT2D eigenvalue weighted by Gasteiger charge is -2.19. The van der Waals surface area contributed by atoms with Gasteiger partial charge in [0.2, 0.25) is 0 Å². The van der Waals surface area contributed by atoms with Crippen molar-refractivity contribution in [3.05, 3.63) is 63.7 Å². The number of para-hydroxylation sites is 1. The Kier molecular flexibility index (Phi) is 7.66. The Morgan fingerprint density at radius 1 is 1.23 bits per heavy atom. The van der Waals surface area contributed by atoms with Gasteiger partial charge in [-0.2, -0.15) is 0 Å². The smallest absolute Gasteiger partial charge is 0.274 e. The molecule has 3 rings (SSSR count). The first-order chi connectivity index (χ1) is 15.0. The minimum Gasteiger partial charge on any atom is -0.497 e. The van der Waals surface area contributed by atoms with Gasteiger partial charge in [-0.15, -0.1) is 0 Å². The first-order valence-electron chi connectivity index (χ1n) is 10.2. The summed E-state index contributed by atoms with van der Waals surface area (Å²) < 4.78 is 10.7. The van der Waals surface area contributed by atoms with Crippen LogP contribution >= 0.6 is 0 Å². The highest BCUT2D eigenvalue weighted by molar-refractivity contribution is 5.80. The Hall–Kier alpha value is -3.33. The molecule has 1 atom stereocenters. The average Bonchev–Trinajstić information content (AvgIpc) is 3.22. The summed E-state index contributed by atoms with van der Waals surface area (Å²) in [5, 5.41) is 17.8. The molecule has 0 amide bonds. The standard InChI is InChI=1S/C22H29N5O4/c1-23-22(24-13-17-6-4-5-7-21(17)27(28)29)25-18-8-9-26(15-18)14-16-10-19(30-2)12-20(11-16)31-3/h4-7,10-12,18H,8-9,13-15H2,1-3H3,(H2,23,24,25). The normalized spacial score (nSPS) is 16.7. The molecule has 0 aromatic heterocycles. The van der Waals surface area contributed by atoms with Crippen LogP contribution in [0.5, 0.6) is 11.5 Å². The monoisotopic (exact) mass is 427 g/mol. The van der Waals surface area contributed by atoms with E-state index in [1.807, 2.05) is 18.2 Å². The predicted octanol–water partition coefficient (Wildman–Crippen LogP) is 2.55. The number of likely N-dealkylation sites (tertiary alicyclic amines) is 1. The van der Waals surface area contributed by atoms with Crippen molar-refractivity contribution in [2.45, 2.75) is 25.6 Å². The number of nitrogens with zero attached hydrogens (tertiary/aromatic N) is 3. The van der Waals surface area contributed by atoms with Crippen LogP contribution in [0.25, 0.3) is 0 Å². The lowest BCUT2D eigenvalue weighted by molar-refractivity contribution is -0.385. The SMILES string of the molecule is CN=C(NCc1ccccc1[N+](=O)[O-])NC1CCN(Cc2cc(OC)cc(OC)c2)C1. The van der Waals surface area contributed by atoms with Gasteiger partial charge in [0.1, 0.15) is 11.5 Å². The fourth-order valence-corrected chi connectivity index (χ4v) is 3.72. The maximum absolute atomic E-state index is 11.2. The van der Waals surface area contributed by atoms with Crippen molar-refractivity contribution in [2.75, 3.05) is 34.4 Å². The molecule has 1 heterocycles. The van der Waals surface area contributed by atoms with Crippen LogP contribution in [-0.4, -0.2) is 56.2 Å². The summed E-state index contributed by atoms with van der Waals surface area (Å²) >= 11 is 0. The highest BCUT2D eigenvalue weighted by atomic mass is 16.6. The van der Waals surface area contributed by atoms with E-state index in [4.69, 9.17) is 9.47 Å². The highest BCUT2D eigenvalue weighted by Gasteiger charge is 2.24. The van der Waals surface area contributed by atoms with Crippen LogP contribution in [0.2, 0.25) is 0 Å². The number of benzene rings is 2. The van der Waals surface area contributed by atoms with Gasteiger partial charge in [-0.25, -0.2) is 0 Å². The summed E-state index contributed by atoms with van der Waals surface area (Å²) in [4.78, 5) is 17.5. The molecule has 1 unspecified atom stereocenters. The van der Waals surface area contributed by atoms with E-state index in [2.05, 4.69) is 20.5 Å². The van der Waals surface area contributed by atoms with E-state index < -0.39 is 0 Å². The zero-order valence-electron chi connectivity index (χ0n) is 18.1. The number of hydrogen-bond acceptors (Lipinski definition) is 6. The fraction of sp³-hybridized carbons (Fsp3) is 0.409. The summed E-state index contributed by atoms with van der Waals surface area (Å²) in [7, 11) is 5.00. The minimum atomic E-state index is -0.365. The number of rotatable bonds is 8. The molecule has 1 fully saturated rings. The molecule has 1 saturated heterocycles. The van der Waals surface area contributed by atoms with Crippen LogP contribution in [-0.2, 0) is 13.1 Å². The Labute approximate surface area is 182 Å². The molecule has 2 aromatic carbocycles. The summed E-state index contributed by atoms with van der Waals surface area (Å²) in [6, 6.07) is 12.9. The van der Waals surface area contributed by atoms with Crippen molar-refractivity contribution in [1.29, 1.82) is 0 Å². The summed E-state index contributed by atoms with van der Waals surface area (Å²) in [5.74, 6) is 2.19. The molecule has 0 radical (unpaired) electrons. The molecule has 31 heavy (non-hydrogen) atoms. The van der Waals surface area contributed by atoms with Crippen LogP contribution in [0.1, 0.15) is 17.5 Å². The maximum Gasteiger partial charge on any atom is 0.274 e. The van der Waals surface area contributed by atoms with Crippen LogP contribution in [0.4, 0.5) is 5.69 Å². The third-order valence-corrected chi connectivity index (χ3v) is 5.29. The number of methoxy groups -OCH3 is 2. The third-order valence-electron chi connectivity index (χ3n) is 5.29. The van der Waals surface area contributed by atoms with E-state index >= 15 is 0 Å². The molecule has 2 aromatic rings. The van der Waals surface area contributed by atoms with Gasteiger partial charge in [-0.1, -0.05) is 18.2 Å². The molecular formula is C22H29N5O4. The molecule has 0 bridgehead atoms. The first kappa shape index (κ1) is 22.4. The molecule has 1 aliphatic heterocycles. The topological polar surface area (TPSA) is 101 Å². The van der Waals surface area contributed by atoms with Crippen LogP contribution < -0.4 is 20.1 Å². The zero-order valence-corrected chi connectivity index (χ0v) is 18.1. The van der Waals surface area contributed by atoms with E-state index in [9.17, 15) is 10.1 Å². The Morgan fingerprint density at radius 3 is 2.58 bits per heavy atom. The van der Waals surface area contributed by atoms with Crippen molar-refractivity contribution in [3.8, 4) is 11.5 Å². The van der Waals surface area contributed by atoms with Gasteiger partial charge < -0.3 is 20.1 Å². The van der Waals surface area contributed by atoms with E-state index in [0.717, 1.165) is 43.1 Å².